The summed E-state index contributed by atoms with van der Waals surface area (Å²) >= 11 is 6.33. The van der Waals surface area contributed by atoms with Crippen LogP contribution >= 0.6 is 11.6 Å². The van der Waals surface area contributed by atoms with Gasteiger partial charge in [-0.15, -0.1) is 0 Å². The molecule has 210 valence electrons. The van der Waals surface area contributed by atoms with E-state index in [-0.39, 0.29) is 17.9 Å². The van der Waals surface area contributed by atoms with E-state index in [0.29, 0.717) is 28.8 Å². The van der Waals surface area contributed by atoms with Gasteiger partial charge < -0.3 is 10.2 Å². The van der Waals surface area contributed by atoms with Gasteiger partial charge in [-0.1, -0.05) is 44.5 Å². The van der Waals surface area contributed by atoms with E-state index in [4.69, 9.17) is 21.1 Å². The highest BCUT2D eigenvalue weighted by Gasteiger charge is 2.50. The van der Waals surface area contributed by atoms with E-state index < -0.39 is 27.4 Å². The summed E-state index contributed by atoms with van der Waals surface area (Å²) in [5.74, 6) is -0.578. The molecule has 0 saturated heterocycles. The molecule has 1 spiro atoms. The third-order valence-electron chi connectivity index (χ3n) is 7.80. The van der Waals surface area contributed by atoms with E-state index in [0.717, 1.165) is 42.4 Å². The smallest absolute Gasteiger partial charge is 0.274 e. The summed E-state index contributed by atoms with van der Waals surface area (Å²) in [6.07, 6.45) is 3.50. The molecule has 39 heavy (non-hydrogen) atoms. The molecular weight excluding hydrogens is 538 g/mol. The summed E-state index contributed by atoms with van der Waals surface area (Å²) in [6.45, 7) is 8.88. The van der Waals surface area contributed by atoms with Gasteiger partial charge in [-0.2, -0.15) is 8.42 Å². The largest absolute Gasteiger partial charge is 0.351 e. The third kappa shape index (κ3) is 6.88. The van der Waals surface area contributed by atoms with Crippen LogP contribution in [0.15, 0.2) is 47.5 Å². The van der Waals surface area contributed by atoms with Gasteiger partial charge in [0.05, 0.1) is 5.75 Å². The minimum Gasteiger partial charge on any atom is -0.351 e. The Hall–Kier alpha value is -2.75. The maximum Gasteiger partial charge on any atom is 0.274 e. The van der Waals surface area contributed by atoms with E-state index in [2.05, 4.69) is 26.1 Å². The number of hydrogen-bond donors (Lipinski definition) is 2. The summed E-state index contributed by atoms with van der Waals surface area (Å²) in [5, 5.41) is 3.04. The van der Waals surface area contributed by atoms with Crippen molar-refractivity contribution in [1.29, 1.82) is 0 Å². The molecule has 0 atom stereocenters. The second-order valence-corrected chi connectivity index (χ2v) is 13.7. The first kappa shape index (κ1) is 29.2. The third-order valence-corrected chi connectivity index (χ3v) is 8.74. The molecule has 2 amide bonds. The van der Waals surface area contributed by atoms with Gasteiger partial charge in [0.25, 0.3) is 21.9 Å². The molecule has 2 aromatic rings. The summed E-state index contributed by atoms with van der Waals surface area (Å²) in [6, 6.07) is 12.5. The van der Waals surface area contributed by atoms with Gasteiger partial charge in [0, 0.05) is 29.2 Å². The lowest BCUT2D eigenvalue weighted by Gasteiger charge is -2.44. The molecule has 1 heterocycles. The van der Waals surface area contributed by atoms with Crippen LogP contribution in [0.4, 0.5) is 0 Å². The standard InChI is InChI=1S/C29H36ClN3O5S/c1-19-15-22(17-24(30)16-19)25-27(35)33(29(32-25)11-9-23(10-12-29)28(2,3)4)18-20-5-7-21(8-6-20)26(34)31-13-14-39(36,37)38/h5-8,15-17,23H,9-14,18H2,1-4H3,(H,31,34)(H,36,37,38). The first-order chi connectivity index (χ1) is 18.2. The topological polar surface area (TPSA) is 116 Å². The fraction of sp³-hybridized carbons (Fsp3) is 0.483. The van der Waals surface area contributed by atoms with Crippen molar-refractivity contribution in [3.05, 3.63) is 69.7 Å². The Morgan fingerprint density at radius 1 is 1.15 bits per heavy atom. The molecule has 0 bridgehead atoms. The Bertz CT molecular complexity index is 1370. The molecule has 1 aliphatic heterocycles. The quantitative estimate of drug-likeness (QED) is 0.451. The van der Waals surface area contributed by atoms with Gasteiger partial charge in [-0.3, -0.25) is 19.1 Å². The second kappa shape index (κ2) is 11.0. The summed E-state index contributed by atoms with van der Waals surface area (Å²) < 4.78 is 30.6. The van der Waals surface area contributed by atoms with E-state index in [1.165, 1.54) is 0 Å². The number of aryl methyl sites for hydroxylation is 1. The molecule has 1 fully saturated rings. The van der Waals surface area contributed by atoms with Crippen LogP contribution in [0.3, 0.4) is 0 Å². The number of carbonyl (C=O) groups excluding carboxylic acids is 2. The highest BCUT2D eigenvalue weighted by molar-refractivity contribution is 7.85. The number of rotatable bonds is 7. The predicted octanol–water partition coefficient (Wildman–Crippen LogP) is 5.03. The normalized spacial score (nSPS) is 21.8. The Labute approximate surface area is 235 Å². The minimum atomic E-state index is -4.15. The molecule has 2 aliphatic rings. The summed E-state index contributed by atoms with van der Waals surface area (Å²) in [5.41, 5.74) is 2.89. The lowest BCUT2D eigenvalue weighted by atomic mass is 9.69. The van der Waals surface area contributed by atoms with Crippen LogP contribution in [0.25, 0.3) is 0 Å². The molecule has 0 radical (unpaired) electrons. The van der Waals surface area contributed by atoms with Crippen LogP contribution in [0.1, 0.15) is 73.5 Å². The Balaban J connectivity index is 1.57. The van der Waals surface area contributed by atoms with Crippen molar-refractivity contribution in [1.82, 2.24) is 10.2 Å². The number of carbonyl (C=O) groups is 2. The van der Waals surface area contributed by atoms with E-state index in [1.54, 1.807) is 30.3 Å². The lowest BCUT2D eigenvalue weighted by molar-refractivity contribution is -0.130. The van der Waals surface area contributed by atoms with Gasteiger partial charge >= 0.3 is 0 Å². The van der Waals surface area contributed by atoms with E-state index in [1.807, 2.05) is 24.0 Å². The minimum absolute atomic E-state index is 0.127. The van der Waals surface area contributed by atoms with Gasteiger partial charge in [0.15, 0.2) is 0 Å². The fourth-order valence-corrected chi connectivity index (χ4v) is 6.23. The van der Waals surface area contributed by atoms with Crippen LogP contribution < -0.4 is 5.32 Å². The average molecular weight is 574 g/mol. The molecule has 1 aliphatic carbocycles. The average Bonchev–Trinajstić information content (AvgIpc) is 3.09. The Morgan fingerprint density at radius 2 is 1.79 bits per heavy atom. The second-order valence-electron chi connectivity index (χ2n) is 11.7. The summed E-state index contributed by atoms with van der Waals surface area (Å²) in [7, 11) is -4.15. The van der Waals surface area contributed by atoms with Crippen molar-refractivity contribution in [2.45, 2.75) is 65.6 Å². The van der Waals surface area contributed by atoms with E-state index in [9.17, 15) is 18.0 Å². The zero-order valence-electron chi connectivity index (χ0n) is 22.8. The van der Waals surface area contributed by atoms with Crippen LogP contribution in [0.2, 0.25) is 5.02 Å². The fourth-order valence-electron chi connectivity index (χ4n) is 5.58. The van der Waals surface area contributed by atoms with Gasteiger partial charge in [-0.25, -0.2) is 0 Å². The predicted molar refractivity (Wildman–Crippen MR) is 153 cm³/mol. The monoisotopic (exact) mass is 573 g/mol. The molecule has 1 saturated carbocycles. The van der Waals surface area contributed by atoms with Gasteiger partial charge in [0.2, 0.25) is 0 Å². The number of hydrogen-bond acceptors (Lipinski definition) is 5. The number of nitrogens with zero attached hydrogens (tertiary/aromatic N) is 2. The number of halogens is 1. The maximum absolute atomic E-state index is 13.9. The van der Waals surface area contributed by atoms with Crippen molar-refractivity contribution in [2.75, 3.05) is 12.3 Å². The maximum atomic E-state index is 13.9. The molecular formula is C29H36ClN3O5S. The van der Waals surface area contributed by atoms with Crippen molar-refractivity contribution in [3.8, 4) is 0 Å². The Kier molecular flexibility index (Phi) is 8.26. The number of aliphatic imine (C=N–C) groups is 1. The molecule has 0 unspecified atom stereocenters. The molecule has 2 N–H and O–H groups in total. The first-order valence-electron chi connectivity index (χ1n) is 13.2. The van der Waals surface area contributed by atoms with Gasteiger partial charge in [-0.05, 0) is 85.4 Å². The summed E-state index contributed by atoms with van der Waals surface area (Å²) in [4.78, 5) is 33.2. The SMILES string of the molecule is Cc1cc(Cl)cc(C2=NC3(CCC(C(C)(C)C)CC3)N(Cc3ccc(C(=O)NCCS(=O)(=O)O)cc3)C2=O)c1. The molecule has 10 heteroatoms. The number of nitrogens with one attached hydrogen (secondary N) is 1. The molecule has 4 rings (SSSR count). The number of benzene rings is 2. The van der Waals surface area contributed by atoms with Crippen molar-refractivity contribution < 1.29 is 22.6 Å². The molecule has 8 nitrogen and oxygen atoms in total. The highest BCUT2D eigenvalue weighted by atomic mass is 35.5. The first-order valence-corrected chi connectivity index (χ1v) is 15.2. The molecule has 0 aromatic heterocycles. The van der Waals surface area contributed by atoms with Crippen LogP contribution in [-0.2, 0) is 21.5 Å². The highest BCUT2D eigenvalue weighted by Crippen LogP contribution is 2.47. The van der Waals surface area contributed by atoms with E-state index >= 15 is 0 Å². The van der Waals surface area contributed by atoms with Crippen molar-refractivity contribution >= 4 is 39.2 Å². The lowest BCUT2D eigenvalue weighted by Crippen LogP contribution is -2.49. The van der Waals surface area contributed by atoms with Crippen molar-refractivity contribution in [3.63, 3.8) is 0 Å². The molecule has 2 aromatic carbocycles. The zero-order chi connectivity index (χ0) is 28.6. The Morgan fingerprint density at radius 3 is 2.36 bits per heavy atom. The van der Waals surface area contributed by atoms with Crippen molar-refractivity contribution in [2.24, 2.45) is 16.3 Å². The van der Waals surface area contributed by atoms with Crippen LogP contribution in [0, 0.1) is 18.3 Å². The van der Waals surface area contributed by atoms with Gasteiger partial charge in [0.1, 0.15) is 11.4 Å². The van der Waals surface area contributed by atoms with Crippen LogP contribution in [0.5, 0.6) is 0 Å². The van der Waals surface area contributed by atoms with Crippen LogP contribution in [-0.4, -0.2) is 53.4 Å². The zero-order valence-corrected chi connectivity index (χ0v) is 24.4. The number of amides is 2.